The molecule has 2 heterocycles. The lowest BCUT2D eigenvalue weighted by Crippen LogP contribution is -2.16. The average molecular weight is 376 g/mol. The number of hydrogen-bond acceptors (Lipinski definition) is 7. The molecule has 2 atom stereocenters. The Hall–Kier alpha value is -2.78. The number of carbonyl (C=O) groups excluding carboxylic acids is 1. The number of amides is 1. The van der Waals surface area contributed by atoms with Gasteiger partial charge in [0.15, 0.2) is 17.0 Å². The summed E-state index contributed by atoms with van der Waals surface area (Å²) in [5.74, 6) is -0.0251. The third kappa shape index (κ3) is 4.24. The van der Waals surface area contributed by atoms with Gasteiger partial charge in [-0.25, -0.2) is 15.0 Å². The van der Waals surface area contributed by atoms with Crippen molar-refractivity contribution in [2.24, 2.45) is 0 Å². The molecule has 0 fully saturated rings. The van der Waals surface area contributed by atoms with Crippen molar-refractivity contribution in [3.63, 3.8) is 0 Å². The van der Waals surface area contributed by atoms with Gasteiger partial charge in [0.2, 0.25) is 0 Å². The van der Waals surface area contributed by atoms with Crippen molar-refractivity contribution in [2.75, 3.05) is 5.32 Å². The van der Waals surface area contributed by atoms with E-state index < -0.39 is 14.4 Å². The lowest BCUT2D eigenvalue weighted by molar-refractivity contribution is -0.243. The topological polar surface area (TPSA) is 128 Å². The largest absolute Gasteiger partial charge is 0.725 e. The predicted molar refractivity (Wildman–Crippen MR) is 91.2 cm³/mol. The quantitative estimate of drug-likeness (QED) is 0.364. The predicted octanol–water partition coefficient (Wildman–Crippen LogP) is 2.06. The van der Waals surface area contributed by atoms with Gasteiger partial charge in [0.1, 0.15) is 12.4 Å². The molecular weight excluding hydrogens is 361 g/mol. The molecule has 0 aliphatic rings. The molecular formula is C15H15N5O5P+. The van der Waals surface area contributed by atoms with Crippen molar-refractivity contribution in [2.45, 2.75) is 19.6 Å². The van der Waals surface area contributed by atoms with E-state index in [4.69, 9.17) is 9.78 Å². The first-order valence-electron chi connectivity index (χ1n) is 7.56. The highest BCUT2D eigenvalue weighted by Gasteiger charge is 2.19. The van der Waals surface area contributed by atoms with Crippen LogP contribution in [0.2, 0.25) is 0 Å². The van der Waals surface area contributed by atoms with E-state index in [-0.39, 0.29) is 18.3 Å². The number of aromatic nitrogens is 4. The molecule has 1 aromatic carbocycles. The second-order valence-corrected chi connectivity index (χ2v) is 5.96. The molecule has 2 N–H and O–H groups in total. The fourth-order valence-electron chi connectivity index (χ4n) is 2.29. The van der Waals surface area contributed by atoms with Crippen molar-refractivity contribution in [1.82, 2.24) is 19.5 Å². The summed E-state index contributed by atoms with van der Waals surface area (Å²) in [6, 6.07) is 8.74. The van der Waals surface area contributed by atoms with Gasteiger partial charge >= 0.3 is 8.25 Å². The Labute approximate surface area is 148 Å². The fraction of sp³-hybridized carbons (Fsp3) is 0.200. The van der Waals surface area contributed by atoms with E-state index in [1.165, 1.54) is 12.7 Å². The molecule has 2 unspecified atom stereocenters. The zero-order valence-electron chi connectivity index (χ0n) is 13.6. The summed E-state index contributed by atoms with van der Waals surface area (Å²) in [5, 5.41) is 2.71. The van der Waals surface area contributed by atoms with Crippen molar-refractivity contribution < 1.29 is 23.8 Å². The number of rotatable bonds is 7. The first kappa shape index (κ1) is 18.0. The monoisotopic (exact) mass is 376 g/mol. The van der Waals surface area contributed by atoms with Crippen LogP contribution >= 0.6 is 8.25 Å². The molecule has 0 aliphatic heterocycles. The Morgan fingerprint density at radius 1 is 1.31 bits per heavy atom. The van der Waals surface area contributed by atoms with Gasteiger partial charge in [-0.3, -0.25) is 4.79 Å². The second-order valence-electron chi connectivity index (χ2n) is 5.33. The molecule has 1 amide bonds. The molecule has 3 aromatic rings. The lowest BCUT2D eigenvalue weighted by Gasteiger charge is -2.09. The zero-order chi connectivity index (χ0) is 18.5. The summed E-state index contributed by atoms with van der Waals surface area (Å²) >= 11 is 0. The molecule has 26 heavy (non-hydrogen) atoms. The van der Waals surface area contributed by atoms with Crippen LogP contribution < -0.4 is 5.32 Å². The molecule has 0 saturated heterocycles. The van der Waals surface area contributed by atoms with Crippen LogP contribution in [0.3, 0.4) is 0 Å². The fourth-order valence-corrected chi connectivity index (χ4v) is 2.51. The maximum absolute atomic E-state index is 12.3. The number of nitrogens with one attached hydrogen (secondary N) is 1. The Bertz CT molecular complexity index is 933. The number of benzene rings is 1. The van der Waals surface area contributed by atoms with Gasteiger partial charge in [-0.15, -0.1) is 4.89 Å². The van der Waals surface area contributed by atoms with Crippen LogP contribution in [0, 0.1) is 0 Å². The summed E-state index contributed by atoms with van der Waals surface area (Å²) < 4.78 is 16.4. The third-order valence-corrected chi connectivity index (χ3v) is 3.61. The van der Waals surface area contributed by atoms with Gasteiger partial charge in [-0.05, 0) is 19.1 Å². The van der Waals surface area contributed by atoms with Gasteiger partial charge in [0, 0.05) is 10.1 Å². The summed E-state index contributed by atoms with van der Waals surface area (Å²) in [6.45, 7) is 1.92. The van der Waals surface area contributed by atoms with E-state index in [2.05, 4.69) is 24.9 Å². The summed E-state index contributed by atoms with van der Waals surface area (Å²) in [6.07, 6.45) is 2.29. The molecule has 0 bridgehead atoms. The lowest BCUT2D eigenvalue weighted by atomic mass is 10.2. The van der Waals surface area contributed by atoms with Crippen LogP contribution in [-0.2, 0) is 20.7 Å². The minimum atomic E-state index is -2.84. The average Bonchev–Trinajstić information content (AvgIpc) is 3.04. The first-order valence-corrected chi connectivity index (χ1v) is 8.69. The van der Waals surface area contributed by atoms with Crippen LogP contribution in [0.15, 0.2) is 43.0 Å². The standard InChI is InChI=1S/C15H14N5O5P/c1-10(24-25-26(22)23)7-20-9-18-12-13(16-8-17-14(12)20)19-15(21)11-5-3-2-4-6-11/h2-6,8-10H,7H2,1H3,(H-,16,17,19,21,22,23)/p+1. The number of nitrogens with zero attached hydrogens (tertiary/aromatic N) is 4. The minimum Gasteiger partial charge on any atom is -0.312 e. The van der Waals surface area contributed by atoms with Gasteiger partial charge in [0.05, 0.1) is 17.5 Å². The van der Waals surface area contributed by atoms with Gasteiger partial charge in [-0.1, -0.05) is 18.2 Å². The van der Waals surface area contributed by atoms with Crippen molar-refractivity contribution in [1.29, 1.82) is 0 Å². The van der Waals surface area contributed by atoms with Crippen LogP contribution in [0.25, 0.3) is 11.2 Å². The minimum absolute atomic E-state index is 0.267. The zero-order valence-corrected chi connectivity index (χ0v) is 14.5. The Morgan fingerprint density at radius 2 is 2.08 bits per heavy atom. The number of anilines is 1. The van der Waals surface area contributed by atoms with Crippen LogP contribution in [0.5, 0.6) is 0 Å². The summed E-state index contributed by atoms with van der Waals surface area (Å²) in [4.78, 5) is 38.2. The van der Waals surface area contributed by atoms with Crippen LogP contribution in [-0.4, -0.2) is 36.4 Å². The molecule has 134 valence electrons. The number of hydrogen-bond donors (Lipinski definition) is 2. The SMILES string of the molecule is CC(Cn1cnc2c(NC(=O)c3ccccc3)ncnc21)OO[P+](=O)O. The van der Waals surface area contributed by atoms with E-state index in [1.807, 2.05) is 6.07 Å². The first-order chi connectivity index (χ1) is 12.5. The molecule has 0 saturated carbocycles. The third-order valence-electron chi connectivity index (χ3n) is 3.39. The smallest absolute Gasteiger partial charge is 0.312 e. The molecule has 3 rings (SSSR count). The maximum Gasteiger partial charge on any atom is 0.725 e. The summed E-state index contributed by atoms with van der Waals surface area (Å²) in [7, 11) is -2.84. The van der Waals surface area contributed by atoms with Gasteiger partial charge in [-0.2, -0.15) is 4.89 Å². The molecule has 0 spiro atoms. The van der Waals surface area contributed by atoms with E-state index in [1.54, 1.807) is 35.8 Å². The highest BCUT2D eigenvalue weighted by molar-refractivity contribution is 7.31. The molecule has 2 aromatic heterocycles. The number of imidazole rings is 1. The second kappa shape index (κ2) is 8.07. The molecule has 0 aliphatic carbocycles. The van der Waals surface area contributed by atoms with Gasteiger partial charge in [0.25, 0.3) is 5.91 Å². The Morgan fingerprint density at radius 3 is 2.81 bits per heavy atom. The van der Waals surface area contributed by atoms with Crippen LogP contribution in [0.4, 0.5) is 5.82 Å². The van der Waals surface area contributed by atoms with E-state index >= 15 is 0 Å². The maximum atomic E-state index is 12.3. The number of fused-ring (bicyclic) bond motifs is 1. The Kier molecular flexibility index (Phi) is 5.59. The molecule has 0 radical (unpaired) electrons. The molecule has 10 nitrogen and oxygen atoms in total. The van der Waals surface area contributed by atoms with Crippen molar-refractivity contribution in [3.8, 4) is 0 Å². The van der Waals surface area contributed by atoms with Crippen molar-refractivity contribution in [3.05, 3.63) is 48.5 Å². The van der Waals surface area contributed by atoms with Crippen LogP contribution in [0.1, 0.15) is 17.3 Å². The van der Waals surface area contributed by atoms with E-state index in [0.717, 1.165) is 0 Å². The van der Waals surface area contributed by atoms with Crippen molar-refractivity contribution >= 4 is 31.1 Å². The van der Waals surface area contributed by atoms with E-state index in [9.17, 15) is 9.36 Å². The Balaban J connectivity index is 1.78. The molecule has 11 heteroatoms. The number of carbonyl (C=O) groups is 1. The van der Waals surface area contributed by atoms with Gasteiger partial charge < -0.3 is 9.88 Å². The summed E-state index contributed by atoms with van der Waals surface area (Å²) in [5.41, 5.74) is 1.39. The normalized spacial score (nSPS) is 12.8. The van der Waals surface area contributed by atoms with E-state index in [0.29, 0.717) is 16.7 Å². The highest BCUT2D eigenvalue weighted by atomic mass is 31.1. The highest BCUT2D eigenvalue weighted by Crippen LogP contribution is 2.20.